The Morgan fingerprint density at radius 2 is 1.79 bits per heavy atom. The highest BCUT2D eigenvalue weighted by Crippen LogP contribution is 2.19. The lowest BCUT2D eigenvalue weighted by atomic mass is 10.2. The number of rotatable bonds is 4. The molecule has 2 aromatic carbocycles. The summed E-state index contributed by atoms with van der Waals surface area (Å²) in [4.78, 5) is 11.9. The number of ether oxygens (including phenoxy) is 2. The molecule has 0 aromatic heterocycles. The SMILES string of the molecule is COc1ccccc1C(=O)OCc1ccccc1F. The second kappa shape index (κ2) is 6.00. The second-order valence-corrected chi connectivity index (χ2v) is 3.87. The number of carbonyl (C=O) groups is 1. The number of benzene rings is 2. The van der Waals surface area contributed by atoms with Gasteiger partial charge < -0.3 is 9.47 Å². The number of esters is 1. The van der Waals surface area contributed by atoms with Gasteiger partial charge in [-0.1, -0.05) is 30.3 Å². The fourth-order valence-corrected chi connectivity index (χ4v) is 1.65. The summed E-state index contributed by atoms with van der Waals surface area (Å²) in [6.07, 6.45) is 0. The fraction of sp³-hybridized carbons (Fsp3) is 0.133. The van der Waals surface area contributed by atoms with Crippen molar-refractivity contribution in [1.29, 1.82) is 0 Å². The van der Waals surface area contributed by atoms with Crippen LogP contribution in [0.25, 0.3) is 0 Å². The fourth-order valence-electron chi connectivity index (χ4n) is 1.65. The van der Waals surface area contributed by atoms with E-state index in [2.05, 4.69) is 0 Å². The van der Waals surface area contributed by atoms with Crippen LogP contribution in [0.15, 0.2) is 48.5 Å². The minimum absolute atomic E-state index is 0.108. The summed E-state index contributed by atoms with van der Waals surface area (Å²) < 4.78 is 23.5. The van der Waals surface area contributed by atoms with Crippen molar-refractivity contribution in [2.24, 2.45) is 0 Å². The molecule has 19 heavy (non-hydrogen) atoms. The Bertz CT molecular complexity index is 581. The van der Waals surface area contributed by atoms with E-state index in [1.807, 2.05) is 0 Å². The Morgan fingerprint density at radius 1 is 1.11 bits per heavy atom. The molecule has 4 heteroatoms. The number of para-hydroxylation sites is 1. The van der Waals surface area contributed by atoms with E-state index in [1.54, 1.807) is 42.5 Å². The van der Waals surface area contributed by atoms with E-state index >= 15 is 0 Å². The zero-order chi connectivity index (χ0) is 13.7. The summed E-state index contributed by atoms with van der Waals surface area (Å²) in [7, 11) is 1.48. The van der Waals surface area contributed by atoms with E-state index in [0.717, 1.165) is 0 Å². The Kier molecular flexibility index (Phi) is 4.13. The van der Waals surface area contributed by atoms with E-state index in [1.165, 1.54) is 13.2 Å². The van der Waals surface area contributed by atoms with Crippen LogP contribution in [0.5, 0.6) is 5.75 Å². The van der Waals surface area contributed by atoms with Crippen LogP contribution in [-0.2, 0) is 11.3 Å². The molecule has 0 fully saturated rings. The Balaban J connectivity index is 2.08. The molecule has 0 atom stereocenters. The standard InChI is InChI=1S/C15H13FO3/c1-18-14-9-5-3-7-12(14)15(17)19-10-11-6-2-4-8-13(11)16/h2-9H,10H2,1H3. The van der Waals surface area contributed by atoms with Gasteiger partial charge in [0.2, 0.25) is 0 Å². The van der Waals surface area contributed by atoms with Gasteiger partial charge in [-0.15, -0.1) is 0 Å². The first kappa shape index (κ1) is 13.1. The zero-order valence-corrected chi connectivity index (χ0v) is 10.4. The van der Waals surface area contributed by atoms with E-state index < -0.39 is 11.8 Å². The molecule has 0 aliphatic rings. The quantitative estimate of drug-likeness (QED) is 0.792. The minimum Gasteiger partial charge on any atom is -0.496 e. The maximum absolute atomic E-state index is 13.4. The predicted molar refractivity (Wildman–Crippen MR) is 68.5 cm³/mol. The van der Waals surface area contributed by atoms with Gasteiger partial charge in [-0.05, 0) is 18.2 Å². The Labute approximate surface area is 110 Å². The number of methoxy groups -OCH3 is 1. The molecule has 0 aliphatic carbocycles. The molecule has 0 aliphatic heterocycles. The first-order valence-electron chi connectivity index (χ1n) is 5.76. The van der Waals surface area contributed by atoms with Gasteiger partial charge in [0.05, 0.1) is 7.11 Å². The molecule has 0 N–H and O–H groups in total. The highest BCUT2D eigenvalue weighted by molar-refractivity contribution is 5.92. The van der Waals surface area contributed by atoms with Crippen LogP contribution in [0.1, 0.15) is 15.9 Å². The topological polar surface area (TPSA) is 35.5 Å². The molecule has 0 heterocycles. The normalized spacial score (nSPS) is 10.0. The van der Waals surface area contributed by atoms with Gasteiger partial charge in [0, 0.05) is 5.56 Å². The highest BCUT2D eigenvalue weighted by Gasteiger charge is 2.13. The molecular weight excluding hydrogens is 247 g/mol. The molecule has 2 aromatic rings. The van der Waals surface area contributed by atoms with Crippen LogP contribution in [0.2, 0.25) is 0 Å². The molecule has 0 unspecified atom stereocenters. The molecule has 0 spiro atoms. The van der Waals surface area contributed by atoms with Crippen LogP contribution in [0, 0.1) is 5.82 Å². The predicted octanol–water partition coefficient (Wildman–Crippen LogP) is 3.19. The second-order valence-electron chi connectivity index (χ2n) is 3.87. The maximum atomic E-state index is 13.4. The van der Waals surface area contributed by atoms with Crippen molar-refractivity contribution in [3.8, 4) is 5.75 Å². The summed E-state index contributed by atoms with van der Waals surface area (Å²) >= 11 is 0. The molecular formula is C15H13FO3. The third kappa shape index (κ3) is 3.10. The molecule has 98 valence electrons. The van der Waals surface area contributed by atoms with Gasteiger partial charge in [0.25, 0.3) is 0 Å². The van der Waals surface area contributed by atoms with Crippen LogP contribution in [0.4, 0.5) is 4.39 Å². The average molecular weight is 260 g/mol. The van der Waals surface area contributed by atoms with Crippen LogP contribution < -0.4 is 4.74 Å². The van der Waals surface area contributed by atoms with Crippen molar-refractivity contribution in [2.45, 2.75) is 6.61 Å². The van der Waals surface area contributed by atoms with Gasteiger partial charge in [-0.3, -0.25) is 0 Å². The van der Waals surface area contributed by atoms with Gasteiger partial charge >= 0.3 is 5.97 Å². The first-order valence-corrected chi connectivity index (χ1v) is 5.76. The van der Waals surface area contributed by atoms with Crippen molar-refractivity contribution in [3.63, 3.8) is 0 Å². The summed E-state index contributed by atoms with van der Waals surface area (Å²) in [5.41, 5.74) is 0.659. The number of carbonyl (C=O) groups excluding carboxylic acids is 1. The zero-order valence-electron chi connectivity index (χ0n) is 10.4. The van der Waals surface area contributed by atoms with E-state index in [-0.39, 0.29) is 6.61 Å². The average Bonchev–Trinajstić information content (AvgIpc) is 2.46. The van der Waals surface area contributed by atoms with Gasteiger partial charge in [0.1, 0.15) is 23.7 Å². The lowest BCUT2D eigenvalue weighted by molar-refractivity contribution is 0.0465. The van der Waals surface area contributed by atoms with E-state index in [0.29, 0.717) is 16.9 Å². The van der Waals surface area contributed by atoms with Crippen molar-refractivity contribution in [2.75, 3.05) is 7.11 Å². The smallest absolute Gasteiger partial charge is 0.342 e. The van der Waals surface area contributed by atoms with Crippen molar-refractivity contribution < 1.29 is 18.7 Å². The van der Waals surface area contributed by atoms with Crippen molar-refractivity contribution >= 4 is 5.97 Å². The highest BCUT2D eigenvalue weighted by atomic mass is 19.1. The summed E-state index contributed by atoms with van der Waals surface area (Å²) in [6.45, 7) is -0.108. The minimum atomic E-state index is -0.541. The Morgan fingerprint density at radius 3 is 2.53 bits per heavy atom. The number of halogens is 1. The monoisotopic (exact) mass is 260 g/mol. The molecule has 2 rings (SSSR count). The molecule has 0 amide bonds. The van der Waals surface area contributed by atoms with Gasteiger partial charge in [-0.25, -0.2) is 9.18 Å². The summed E-state index contributed by atoms with van der Waals surface area (Å²) in [5, 5.41) is 0. The lowest BCUT2D eigenvalue weighted by Gasteiger charge is -2.08. The summed E-state index contributed by atoms with van der Waals surface area (Å²) in [5.74, 6) is -0.503. The Hall–Kier alpha value is -2.36. The number of hydrogen-bond acceptors (Lipinski definition) is 3. The molecule has 0 saturated heterocycles. The lowest BCUT2D eigenvalue weighted by Crippen LogP contribution is -2.07. The van der Waals surface area contributed by atoms with E-state index in [4.69, 9.17) is 9.47 Å². The molecule has 0 radical (unpaired) electrons. The molecule has 3 nitrogen and oxygen atoms in total. The summed E-state index contributed by atoms with van der Waals surface area (Å²) in [6, 6.07) is 12.9. The van der Waals surface area contributed by atoms with Crippen molar-refractivity contribution in [3.05, 3.63) is 65.5 Å². The van der Waals surface area contributed by atoms with Crippen LogP contribution >= 0.6 is 0 Å². The number of hydrogen-bond donors (Lipinski definition) is 0. The largest absolute Gasteiger partial charge is 0.496 e. The van der Waals surface area contributed by atoms with Crippen LogP contribution in [0.3, 0.4) is 0 Å². The first-order chi connectivity index (χ1) is 9.22. The van der Waals surface area contributed by atoms with Crippen molar-refractivity contribution in [1.82, 2.24) is 0 Å². The third-order valence-electron chi connectivity index (χ3n) is 2.64. The molecule has 0 saturated carbocycles. The van der Waals surface area contributed by atoms with Gasteiger partial charge in [-0.2, -0.15) is 0 Å². The molecule has 0 bridgehead atoms. The van der Waals surface area contributed by atoms with E-state index in [9.17, 15) is 9.18 Å². The third-order valence-corrected chi connectivity index (χ3v) is 2.64. The van der Waals surface area contributed by atoms with Gasteiger partial charge in [0.15, 0.2) is 0 Å². The maximum Gasteiger partial charge on any atom is 0.342 e. The van der Waals surface area contributed by atoms with Crippen LogP contribution in [-0.4, -0.2) is 13.1 Å².